The van der Waals surface area contributed by atoms with E-state index in [4.69, 9.17) is 5.11 Å². The summed E-state index contributed by atoms with van der Waals surface area (Å²) in [6, 6.07) is -0.207. The molecule has 1 atom stereocenters. The van der Waals surface area contributed by atoms with Gasteiger partial charge in [0, 0.05) is 23.8 Å². The van der Waals surface area contributed by atoms with Crippen LogP contribution in [0.3, 0.4) is 0 Å². The van der Waals surface area contributed by atoms with Gasteiger partial charge in [-0.15, -0.1) is 0 Å². The van der Waals surface area contributed by atoms with E-state index in [-0.39, 0.29) is 23.2 Å². The lowest BCUT2D eigenvalue weighted by Gasteiger charge is -2.23. The maximum absolute atomic E-state index is 11.6. The van der Waals surface area contributed by atoms with Gasteiger partial charge in [0.25, 0.3) is 0 Å². The normalized spacial score (nSPS) is 12.9. The van der Waals surface area contributed by atoms with Crippen LogP contribution in [-0.2, 0) is 4.79 Å². The molecule has 0 aliphatic heterocycles. The van der Waals surface area contributed by atoms with Gasteiger partial charge in [-0.25, -0.2) is 4.79 Å². The lowest BCUT2D eigenvalue weighted by molar-refractivity contribution is -0.137. The molecule has 0 fully saturated rings. The van der Waals surface area contributed by atoms with Crippen molar-refractivity contribution in [1.82, 2.24) is 10.6 Å². The first-order valence-electron chi connectivity index (χ1n) is 6.08. The number of thioether (sulfide) groups is 1. The van der Waals surface area contributed by atoms with Crippen LogP contribution in [0.25, 0.3) is 0 Å². The molecule has 0 aromatic rings. The molecule has 0 radical (unpaired) electrons. The van der Waals surface area contributed by atoms with Crippen molar-refractivity contribution in [2.24, 2.45) is 0 Å². The molecule has 0 rings (SSSR count). The van der Waals surface area contributed by atoms with Crippen LogP contribution in [0.15, 0.2) is 0 Å². The van der Waals surface area contributed by atoms with Crippen LogP contribution in [0.4, 0.5) is 4.79 Å². The Balaban J connectivity index is 3.77. The molecule has 106 valence electrons. The number of urea groups is 1. The van der Waals surface area contributed by atoms with Crippen molar-refractivity contribution in [1.29, 1.82) is 0 Å². The first-order chi connectivity index (χ1) is 8.26. The highest BCUT2D eigenvalue weighted by Crippen LogP contribution is 2.19. The number of amides is 2. The van der Waals surface area contributed by atoms with Crippen molar-refractivity contribution in [2.45, 2.75) is 50.8 Å². The summed E-state index contributed by atoms with van der Waals surface area (Å²) in [6.45, 7) is 6.60. The van der Waals surface area contributed by atoms with E-state index in [1.54, 1.807) is 11.8 Å². The zero-order chi connectivity index (χ0) is 14.2. The van der Waals surface area contributed by atoms with Crippen molar-refractivity contribution < 1.29 is 14.7 Å². The summed E-state index contributed by atoms with van der Waals surface area (Å²) in [4.78, 5) is 21.9. The van der Waals surface area contributed by atoms with Gasteiger partial charge in [0.05, 0.1) is 0 Å². The second-order valence-electron chi connectivity index (χ2n) is 4.98. The molecule has 0 spiro atoms. The summed E-state index contributed by atoms with van der Waals surface area (Å²) in [6.07, 6.45) is 3.40. The Morgan fingerprint density at radius 1 is 1.39 bits per heavy atom. The van der Waals surface area contributed by atoms with Crippen LogP contribution >= 0.6 is 11.8 Å². The molecule has 3 N–H and O–H groups in total. The predicted molar refractivity (Wildman–Crippen MR) is 75.1 cm³/mol. The third kappa shape index (κ3) is 9.15. The predicted octanol–water partition coefficient (Wildman–Crippen LogP) is 2.07. The maximum Gasteiger partial charge on any atom is 0.315 e. The number of carbonyl (C=O) groups excluding carboxylic acids is 1. The van der Waals surface area contributed by atoms with E-state index in [1.165, 1.54) is 0 Å². The molecule has 6 heteroatoms. The van der Waals surface area contributed by atoms with E-state index in [1.807, 2.05) is 13.2 Å². The molecule has 0 heterocycles. The quantitative estimate of drug-likeness (QED) is 0.634. The topological polar surface area (TPSA) is 78.4 Å². The molecule has 5 nitrogen and oxygen atoms in total. The van der Waals surface area contributed by atoms with Crippen LogP contribution < -0.4 is 10.6 Å². The summed E-state index contributed by atoms with van der Waals surface area (Å²) in [7, 11) is 0. The SMILES string of the molecule is CSC(C)(C)CNC(=O)NC(C)CCCC(=O)O. The number of carboxylic acid groups (broad SMARTS) is 1. The van der Waals surface area contributed by atoms with Gasteiger partial charge in [-0.3, -0.25) is 4.79 Å². The largest absolute Gasteiger partial charge is 0.481 e. The summed E-state index contributed by atoms with van der Waals surface area (Å²) in [5.41, 5.74) is 0. The third-order valence-corrected chi connectivity index (χ3v) is 3.88. The van der Waals surface area contributed by atoms with Crippen molar-refractivity contribution in [2.75, 3.05) is 12.8 Å². The molecule has 0 aliphatic carbocycles. The minimum absolute atomic E-state index is 0.0123. The lowest BCUT2D eigenvalue weighted by atomic mass is 10.1. The van der Waals surface area contributed by atoms with Gasteiger partial charge in [0.1, 0.15) is 0 Å². The minimum Gasteiger partial charge on any atom is -0.481 e. The van der Waals surface area contributed by atoms with Crippen molar-refractivity contribution >= 4 is 23.8 Å². The fourth-order valence-corrected chi connectivity index (χ4v) is 1.49. The third-order valence-electron chi connectivity index (χ3n) is 2.63. The Labute approximate surface area is 113 Å². The Morgan fingerprint density at radius 3 is 2.50 bits per heavy atom. The Kier molecular flexibility index (Phi) is 7.82. The van der Waals surface area contributed by atoms with Gasteiger partial charge in [-0.05, 0) is 39.9 Å². The van der Waals surface area contributed by atoms with E-state index in [2.05, 4.69) is 24.5 Å². The highest BCUT2D eigenvalue weighted by molar-refractivity contribution is 7.99. The average Bonchev–Trinajstić information content (AvgIpc) is 2.26. The van der Waals surface area contributed by atoms with Crippen LogP contribution in [0.1, 0.15) is 40.0 Å². The highest BCUT2D eigenvalue weighted by atomic mass is 32.2. The number of nitrogens with one attached hydrogen (secondary N) is 2. The molecule has 0 aliphatic rings. The molecule has 0 aromatic heterocycles. The Hall–Kier alpha value is -0.910. The molecular weight excluding hydrogens is 252 g/mol. The van der Waals surface area contributed by atoms with Crippen molar-refractivity contribution in [3.63, 3.8) is 0 Å². The molecule has 18 heavy (non-hydrogen) atoms. The fraction of sp³-hybridized carbons (Fsp3) is 0.833. The van der Waals surface area contributed by atoms with Crippen molar-refractivity contribution in [3.05, 3.63) is 0 Å². The van der Waals surface area contributed by atoms with Gasteiger partial charge in [0.2, 0.25) is 0 Å². The molecule has 2 amide bonds. The molecule has 0 saturated carbocycles. The van der Waals surface area contributed by atoms with Gasteiger partial charge in [0.15, 0.2) is 0 Å². The molecule has 0 aromatic carbocycles. The number of aliphatic carboxylic acids is 1. The van der Waals surface area contributed by atoms with Crippen LogP contribution in [0.2, 0.25) is 0 Å². The number of carboxylic acids is 1. The number of rotatable bonds is 8. The van der Waals surface area contributed by atoms with E-state index in [9.17, 15) is 9.59 Å². The van der Waals surface area contributed by atoms with Gasteiger partial charge >= 0.3 is 12.0 Å². The van der Waals surface area contributed by atoms with Gasteiger partial charge in [-0.1, -0.05) is 0 Å². The number of hydrogen-bond donors (Lipinski definition) is 3. The zero-order valence-electron chi connectivity index (χ0n) is 11.6. The Bertz CT molecular complexity index is 282. The maximum atomic E-state index is 11.6. The lowest BCUT2D eigenvalue weighted by Crippen LogP contribution is -2.45. The standard InChI is InChI=1S/C12H24N2O3S/c1-9(6-5-7-10(15)16)14-11(17)13-8-12(2,3)18-4/h9H,5-8H2,1-4H3,(H,15,16)(H2,13,14,17). The fourth-order valence-electron chi connectivity index (χ4n) is 1.27. The second kappa shape index (κ2) is 8.24. The van der Waals surface area contributed by atoms with Crippen molar-refractivity contribution in [3.8, 4) is 0 Å². The smallest absolute Gasteiger partial charge is 0.315 e. The highest BCUT2D eigenvalue weighted by Gasteiger charge is 2.17. The van der Waals surface area contributed by atoms with E-state index < -0.39 is 5.97 Å². The van der Waals surface area contributed by atoms with Crippen LogP contribution in [-0.4, -0.2) is 40.7 Å². The first-order valence-corrected chi connectivity index (χ1v) is 7.30. The van der Waals surface area contributed by atoms with Crippen LogP contribution in [0, 0.1) is 0 Å². The molecular formula is C12H24N2O3S. The zero-order valence-corrected chi connectivity index (χ0v) is 12.4. The van der Waals surface area contributed by atoms with Gasteiger partial charge in [-0.2, -0.15) is 11.8 Å². The molecule has 1 unspecified atom stereocenters. The van der Waals surface area contributed by atoms with Gasteiger partial charge < -0.3 is 15.7 Å². The summed E-state index contributed by atoms with van der Waals surface area (Å²) in [5, 5.41) is 14.1. The second-order valence-corrected chi connectivity index (χ2v) is 6.49. The number of hydrogen-bond acceptors (Lipinski definition) is 3. The molecule has 0 saturated heterocycles. The summed E-state index contributed by atoms with van der Waals surface area (Å²) < 4.78 is 0.0177. The Morgan fingerprint density at radius 2 is 2.00 bits per heavy atom. The summed E-state index contributed by atoms with van der Waals surface area (Å²) in [5.74, 6) is -0.798. The van der Waals surface area contributed by atoms with E-state index in [0.717, 1.165) is 0 Å². The first kappa shape index (κ1) is 17.1. The van der Waals surface area contributed by atoms with E-state index in [0.29, 0.717) is 19.4 Å². The average molecular weight is 276 g/mol. The molecule has 0 bridgehead atoms. The summed E-state index contributed by atoms with van der Waals surface area (Å²) >= 11 is 1.70. The monoisotopic (exact) mass is 276 g/mol. The number of carbonyl (C=O) groups is 2. The minimum atomic E-state index is -0.798. The van der Waals surface area contributed by atoms with Crippen LogP contribution in [0.5, 0.6) is 0 Å². The van der Waals surface area contributed by atoms with E-state index >= 15 is 0 Å².